The maximum absolute atomic E-state index is 6.48. The summed E-state index contributed by atoms with van der Waals surface area (Å²) < 4.78 is 8.49. The first-order chi connectivity index (χ1) is 17.6. The first kappa shape index (κ1) is 21.4. The summed E-state index contributed by atoms with van der Waals surface area (Å²) in [6.45, 7) is 1.65. The number of halogens is 2. The highest BCUT2D eigenvalue weighted by Crippen LogP contribution is 2.41. The molecular weight excluding hydrogens is 497 g/mol. The molecule has 0 radical (unpaired) electrons. The van der Waals surface area contributed by atoms with Crippen LogP contribution in [0.3, 0.4) is 0 Å². The highest BCUT2D eigenvalue weighted by Gasteiger charge is 2.19. The fourth-order valence-corrected chi connectivity index (χ4v) is 5.42. The van der Waals surface area contributed by atoms with Gasteiger partial charge < -0.3 is 30.3 Å². The lowest BCUT2D eigenvalue weighted by Crippen LogP contribution is -2.25. The van der Waals surface area contributed by atoms with Crippen LogP contribution in [0.2, 0.25) is 10.0 Å². The maximum Gasteiger partial charge on any atom is 0.167 e. The van der Waals surface area contributed by atoms with Crippen LogP contribution in [0.4, 0.5) is 5.82 Å². The van der Waals surface area contributed by atoms with Gasteiger partial charge in [0.2, 0.25) is 0 Å². The van der Waals surface area contributed by atoms with Crippen molar-refractivity contribution in [1.29, 1.82) is 0 Å². The second kappa shape index (κ2) is 8.08. The number of aromatic nitrogens is 4. The standard InChI is InChI=1S/C26H21Cl2N7O/c27-13-2-4-19-15(8-13)17-10-18-16-9-14(28)3-5-20(16)34-22(18)24(21(17)33-19)36-7-1-6-35-12-32-26-23(35)25(29)30-11-31-26/h2-5,8-10,12,31,33-34H,1,6-7,11H2,(H2,29,30). The van der Waals surface area contributed by atoms with E-state index in [4.69, 9.17) is 33.7 Å². The van der Waals surface area contributed by atoms with Gasteiger partial charge in [-0.05, 0) is 48.9 Å². The molecule has 7 rings (SSSR count). The topological polar surface area (TPSA) is 109 Å². The largest absolute Gasteiger partial charge is 0.489 e. The summed E-state index contributed by atoms with van der Waals surface area (Å²) in [4.78, 5) is 15.7. The molecule has 3 aromatic carbocycles. The number of anilines is 1. The number of aromatic amines is 2. The number of aryl methyl sites for hydroxylation is 1. The van der Waals surface area contributed by atoms with Gasteiger partial charge in [-0.25, -0.2) is 9.98 Å². The number of hydrogen-bond acceptors (Lipinski definition) is 5. The smallest absolute Gasteiger partial charge is 0.167 e. The molecule has 5 N–H and O–H groups in total. The van der Waals surface area contributed by atoms with E-state index in [1.807, 2.05) is 41.0 Å². The van der Waals surface area contributed by atoms with E-state index in [0.29, 0.717) is 35.7 Å². The number of H-pyrrole nitrogens is 2. The van der Waals surface area contributed by atoms with Gasteiger partial charge in [0.25, 0.3) is 0 Å². The van der Waals surface area contributed by atoms with Crippen molar-refractivity contribution in [2.45, 2.75) is 13.0 Å². The molecule has 3 aromatic heterocycles. The summed E-state index contributed by atoms with van der Waals surface area (Å²) in [5, 5.41) is 8.72. The van der Waals surface area contributed by atoms with Crippen LogP contribution < -0.4 is 15.8 Å². The Hall–Kier alpha value is -3.88. The van der Waals surface area contributed by atoms with Crippen molar-refractivity contribution < 1.29 is 4.74 Å². The Morgan fingerprint density at radius 1 is 0.917 bits per heavy atom. The number of fused-ring (bicyclic) bond motifs is 7. The second-order valence-electron chi connectivity index (χ2n) is 8.90. The van der Waals surface area contributed by atoms with Crippen molar-refractivity contribution in [3.05, 3.63) is 64.5 Å². The van der Waals surface area contributed by atoms with E-state index in [1.165, 1.54) is 0 Å². The Balaban J connectivity index is 1.29. The Morgan fingerprint density at radius 3 is 2.25 bits per heavy atom. The molecule has 10 heteroatoms. The average molecular weight is 518 g/mol. The molecule has 0 saturated heterocycles. The molecule has 0 amide bonds. The Labute approximate surface area is 215 Å². The number of ether oxygens (including phenoxy) is 1. The first-order valence-corrected chi connectivity index (χ1v) is 12.4. The third kappa shape index (κ3) is 3.29. The molecule has 36 heavy (non-hydrogen) atoms. The molecular formula is C26H21Cl2N7O. The number of hydrogen-bond donors (Lipinski definition) is 4. The minimum atomic E-state index is 0.449. The zero-order chi connectivity index (χ0) is 24.4. The Bertz CT molecular complexity index is 1750. The molecule has 0 atom stereocenters. The van der Waals surface area contributed by atoms with Gasteiger partial charge in [-0.3, -0.25) is 0 Å². The lowest BCUT2D eigenvalue weighted by atomic mass is 10.1. The number of nitrogens with two attached hydrogens (primary N) is 1. The summed E-state index contributed by atoms with van der Waals surface area (Å²) in [5.74, 6) is 2.04. The number of nitrogens with zero attached hydrogens (tertiary/aromatic N) is 3. The summed E-state index contributed by atoms with van der Waals surface area (Å²) in [6.07, 6.45) is 2.54. The van der Waals surface area contributed by atoms with E-state index >= 15 is 0 Å². The monoisotopic (exact) mass is 517 g/mol. The summed E-state index contributed by atoms with van der Waals surface area (Å²) in [7, 11) is 0. The number of aliphatic imine (C=N–C) groups is 1. The quantitative estimate of drug-likeness (QED) is 0.209. The minimum Gasteiger partial charge on any atom is -0.489 e. The lowest BCUT2D eigenvalue weighted by Gasteiger charge is -2.14. The van der Waals surface area contributed by atoms with Gasteiger partial charge in [-0.2, -0.15) is 0 Å². The van der Waals surface area contributed by atoms with Crippen LogP contribution in [0.1, 0.15) is 12.1 Å². The van der Waals surface area contributed by atoms with E-state index in [0.717, 1.165) is 67.3 Å². The number of rotatable bonds is 5. The summed E-state index contributed by atoms with van der Waals surface area (Å²) in [5.41, 5.74) is 10.8. The zero-order valence-corrected chi connectivity index (χ0v) is 20.5. The van der Waals surface area contributed by atoms with Gasteiger partial charge in [-0.15, -0.1) is 0 Å². The first-order valence-electron chi connectivity index (χ1n) is 11.6. The van der Waals surface area contributed by atoms with Gasteiger partial charge in [0, 0.05) is 49.2 Å². The molecule has 0 saturated carbocycles. The van der Waals surface area contributed by atoms with Crippen LogP contribution in [-0.4, -0.2) is 38.6 Å². The van der Waals surface area contributed by atoms with Gasteiger partial charge in [0.1, 0.15) is 18.2 Å². The van der Waals surface area contributed by atoms with Crippen molar-refractivity contribution in [2.24, 2.45) is 10.7 Å². The normalized spacial score (nSPS) is 13.4. The van der Waals surface area contributed by atoms with Crippen LogP contribution in [0.25, 0.3) is 43.6 Å². The number of amidine groups is 1. The predicted octanol–water partition coefficient (Wildman–Crippen LogP) is 6.02. The molecule has 0 unspecified atom stereocenters. The molecule has 4 heterocycles. The molecule has 6 aromatic rings. The van der Waals surface area contributed by atoms with E-state index in [-0.39, 0.29) is 0 Å². The van der Waals surface area contributed by atoms with Crippen LogP contribution in [0.15, 0.2) is 53.8 Å². The van der Waals surface area contributed by atoms with Gasteiger partial charge in [0.15, 0.2) is 11.6 Å². The van der Waals surface area contributed by atoms with E-state index < -0.39 is 0 Å². The summed E-state index contributed by atoms with van der Waals surface area (Å²) in [6, 6.07) is 13.9. The van der Waals surface area contributed by atoms with E-state index in [1.54, 1.807) is 6.33 Å². The lowest BCUT2D eigenvalue weighted by molar-refractivity contribution is 0.307. The van der Waals surface area contributed by atoms with Crippen molar-refractivity contribution in [2.75, 3.05) is 18.6 Å². The molecule has 1 aliphatic heterocycles. The van der Waals surface area contributed by atoms with Crippen molar-refractivity contribution >= 4 is 78.5 Å². The third-order valence-electron chi connectivity index (χ3n) is 6.71. The Morgan fingerprint density at radius 2 is 1.58 bits per heavy atom. The molecule has 0 spiro atoms. The van der Waals surface area contributed by atoms with Crippen LogP contribution in [0.5, 0.6) is 5.75 Å². The highest BCUT2D eigenvalue weighted by atomic mass is 35.5. The number of imidazole rings is 1. The Kier molecular flexibility index (Phi) is 4.80. The maximum atomic E-state index is 6.48. The number of nitrogens with one attached hydrogen (secondary N) is 3. The van der Waals surface area contributed by atoms with Gasteiger partial charge in [-0.1, -0.05) is 23.2 Å². The fraction of sp³-hybridized carbons (Fsp3) is 0.154. The predicted molar refractivity (Wildman–Crippen MR) is 147 cm³/mol. The molecule has 1 aliphatic rings. The molecule has 8 nitrogen and oxygen atoms in total. The minimum absolute atomic E-state index is 0.449. The molecule has 180 valence electrons. The van der Waals surface area contributed by atoms with Crippen LogP contribution in [0, 0.1) is 0 Å². The number of benzene rings is 3. The SMILES string of the molecule is NC1=NCNc2ncn(CCCOc3c4[nH]c5ccc(Cl)cc5c4cc4c3[nH]c3ccc(Cl)cc34)c21. The summed E-state index contributed by atoms with van der Waals surface area (Å²) >= 11 is 12.7. The van der Waals surface area contributed by atoms with E-state index in [9.17, 15) is 0 Å². The molecule has 0 bridgehead atoms. The fourth-order valence-electron chi connectivity index (χ4n) is 5.07. The molecule has 0 fully saturated rings. The van der Waals surface area contributed by atoms with Gasteiger partial charge >= 0.3 is 0 Å². The van der Waals surface area contributed by atoms with Crippen LogP contribution in [-0.2, 0) is 6.54 Å². The molecule has 0 aliphatic carbocycles. The van der Waals surface area contributed by atoms with Crippen molar-refractivity contribution in [3.8, 4) is 5.75 Å². The second-order valence-corrected chi connectivity index (χ2v) is 9.77. The van der Waals surface area contributed by atoms with Crippen molar-refractivity contribution in [1.82, 2.24) is 19.5 Å². The van der Waals surface area contributed by atoms with Gasteiger partial charge in [0.05, 0.1) is 24.0 Å². The van der Waals surface area contributed by atoms with Crippen LogP contribution >= 0.6 is 23.2 Å². The highest BCUT2D eigenvalue weighted by molar-refractivity contribution is 6.33. The van der Waals surface area contributed by atoms with Crippen molar-refractivity contribution in [3.63, 3.8) is 0 Å². The zero-order valence-electron chi connectivity index (χ0n) is 19.0. The third-order valence-corrected chi connectivity index (χ3v) is 7.18. The average Bonchev–Trinajstić information content (AvgIpc) is 3.55. The van der Waals surface area contributed by atoms with E-state index in [2.05, 4.69) is 31.3 Å².